The van der Waals surface area contributed by atoms with E-state index >= 15 is 0 Å². The fourth-order valence-corrected chi connectivity index (χ4v) is 3.41. The van der Waals surface area contributed by atoms with Crippen molar-refractivity contribution in [3.8, 4) is 0 Å². The maximum atomic E-state index is 11.6. The van der Waals surface area contributed by atoms with Gasteiger partial charge in [0.05, 0.1) is 6.61 Å². The first kappa shape index (κ1) is 19.4. The molecule has 1 fully saturated rings. The van der Waals surface area contributed by atoms with Crippen molar-refractivity contribution in [1.29, 1.82) is 0 Å². The molecule has 0 aromatic heterocycles. The third-order valence-corrected chi connectivity index (χ3v) is 5.43. The lowest BCUT2D eigenvalue weighted by Crippen LogP contribution is -2.64. The van der Waals surface area contributed by atoms with Crippen LogP contribution in [-0.2, 0) is 13.6 Å². The van der Waals surface area contributed by atoms with Crippen molar-refractivity contribution < 1.29 is 38.4 Å². The standard InChI is InChI=1S/C10H20N2O8S2/c1-22(18,19)21-3-2-11-10(17)12-9-8(16)7(15)6(14)5(4-13)20-9/h5-9,13-16H,2-4H2,1H3,(H2,11,12,17). The molecule has 5 atom stereocenters. The van der Waals surface area contributed by atoms with Crippen LogP contribution in [0.25, 0.3) is 0 Å². The summed E-state index contributed by atoms with van der Waals surface area (Å²) in [5, 5.41) is 42.4. The number of urea groups is 1. The zero-order valence-electron chi connectivity index (χ0n) is 11.7. The molecule has 1 heterocycles. The number of amides is 2. The van der Waals surface area contributed by atoms with E-state index in [1.54, 1.807) is 0 Å². The van der Waals surface area contributed by atoms with Gasteiger partial charge < -0.3 is 35.8 Å². The van der Waals surface area contributed by atoms with Gasteiger partial charge in [0.2, 0.25) is 0 Å². The summed E-state index contributed by atoms with van der Waals surface area (Å²) in [5.41, 5.74) is 0. The maximum absolute atomic E-state index is 11.6. The smallest absolute Gasteiger partial charge is 0.316 e. The van der Waals surface area contributed by atoms with Crippen LogP contribution in [0.2, 0.25) is 0 Å². The second kappa shape index (κ2) is 8.29. The Kier molecular flexibility index (Phi) is 7.31. The lowest BCUT2D eigenvalue weighted by atomic mass is 9.98. The Bertz CT molecular complexity index is 472. The molecule has 10 nitrogen and oxygen atoms in total. The van der Waals surface area contributed by atoms with Crippen LogP contribution >= 0.6 is 10.8 Å². The summed E-state index contributed by atoms with van der Waals surface area (Å²) >= 11 is 0. The molecule has 130 valence electrons. The van der Waals surface area contributed by atoms with Crippen LogP contribution in [0.15, 0.2) is 0 Å². The van der Waals surface area contributed by atoms with Gasteiger partial charge in [0.25, 0.3) is 0 Å². The summed E-state index contributed by atoms with van der Waals surface area (Å²) in [6.07, 6.45) is -6.06. The average molecular weight is 360 g/mol. The van der Waals surface area contributed by atoms with Crippen molar-refractivity contribution in [3.05, 3.63) is 0 Å². The van der Waals surface area contributed by atoms with Crippen molar-refractivity contribution in [2.45, 2.75) is 30.6 Å². The molecule has 0 radical (unpaired) electrons. The number of carbonyl (C=O) groups excluding carboxylic acids is 1. The minimum atomic E-state index is -3.19. The summed E-state index contributed by atoms with van der Waals surface area (Å²) in [4.78, 5) is 11.6. The molecular formula is C10H20N2O8S2. The van der Waals surface area contributed by atoms with Gasteiger partial charge in [0.1, 0.15) is 24.4 Å². The van der Waals surface area contributed by atoms with E-state index in [0.717, 1.165) is 6.26 Å². The number of aliphatic hydroxyl groups excluding tert-OH is 4. The van der Waals surface area contributed by atoms with E-state index in [1.165, 1.54) is 0 Å². The zero-order valence-corrected chi connectivity index (χ0v) is 13.4. The second-order valence-corrected chi connectivity index (χ2v) is 9.25. The summed E-state index contributed by atoms with van der Waals surface area (Å²) in [5.74, 6) is 0.140. The molecule has 1 aliphatic heterocycles. The molecule has 0 aliphatic carbocycles. The largest absolute Gasteiger partial charge is 0.394 e. The Morgan fingerprint density at radius 2 is 1.86 bits per heavy atom. The average Bonchev–Trinajstić information content (AvgIpc) is 2.43. The van der Waals surface area contributed by atoms with Gasteiger partial charge in [-0.2, -0.15) is 0 Å². The van der Waals surface area contributed by atoms with Crippen LogP contribution in [0.4, 0.5) is 4.79 Å². The van der Waals surface area contributed by atoms with Crippen molar-refractivity contribution in [2.75, 3.05) is 25.2 Å². The summed E-state index contributed by atoms with van der Waals surface area (Å²) in [7, 11) is -2.52. The minimum Gasteiger partial charge on any atom is -0.394 e. The van der Waals surface area contributed by atoms with E-state index < -0.39 is 52.2 Å². The molecule has 0 spiro atoms. The third kappa shape index (κ3) is 5.87. The van der Waals surface area contributed by atoms with Gasteiger partial charge in [-0.15, -0.1) is 0 Å². The SMILES string of the molecule is CS(=O)(=O)SCCNC(=O)NC1OC(CO)C(O)C(O)C1O. The predicted octanol–water partition coefficient (Wildman–Crippen LogP) is -3.22. The fraction of sp³-hybridized carbons (Fsp3) is 0.900. The lowest BCUT2D eigenvalue weighted by molar-refractivity contribution is -0.233. The normalized spacial score (nSPS) is 32.5. The van der Waals surface area contributed by atoms with Crippen LogP contribution in [0.3, 0.4) is 0 Å². The highest BCUT2D eigenvalue weighted by atomic mass is 33.1. The van der Waals surface area contributed by atoms with Crippen molar-refractivity contribution in [2.24, 2.45) is 0 Å². The van der Waals surface area contributed by atoms with Crippen LogP contribution in [0, 0.1) is 0 Å². The number of aliphatic hydroxyl groups is 4. The number of hydrogen-bond acceptors (Lipinski definition) is 9. The number of nitrogens with one attached hydrogen (secondary N) is 2. The lowest BCUT2D eigenvalue weighted by Gasteiger charge is -2.40. The predicted molar refractivity (Wildman–Crippen MR) is 77.6 cm³/mol. The number of hydrogen-bond donors (Lipinski definition) is 6. The maximum Gasteiger partial charge on any atom is 0.316 e. The van der Waals surface area contributed by atoms with Crippen LogP contribution in [0.5, 0.6) is 0 Å². The number of ether oxygens (including phenoxy) is 1. The first-order valence-electron chi connectivity index (χ1n) is 6.35. The highest BCUT2D eigenvalue weighted by Crippen LogP contribution is 2.19. The van der Waals surface area contributed by atoms with Gasteiger partial charge in [-0.1, -0.05) is 0 Å². The molecular weight excluding hydrogens is 340 g/mol. The van der Waals surface area contributed by atoms with Crippen LogP contribution in [0.1, 0.15) is 0 Å². The Balaban J connectivity index is 2.42. The molecule has 1 saturated heterocycles. The van der Waals surface area contributed by atoms with E-state index in [-0.39, 0.29) is 12.3 Å². The minimum absolute atomic E-state index is 0.0565. The molecule has 22 heavy (non-hydrogen) atoms. The van der Waals surface area contributed by atoms with Gasteiger partial charge in [-0.05, 0) is 10.8 Å². The van der Waals surface area contributed by atoms with Gasteiger partial charge in [0, 0.05) is 18.6 Å². The number of carbonyl (C=O) groups is 1. The molecule has 1 aliphatic rings. The Morgan fingerprint density at radius 1 is 1.23 bits per heavy atom. The number of rotatable bonds is 6. The monoisotopic (exact) mass is 360 g/mol. The van der Waals surface area contributed by atoms with Gasteiger partial charge in [-0.25, -0.2) is 13.2 Å². The molecule has 0 aromatic carbocycles. The molecule has 12 heteroatoms. The topological polar surface area (TPSA) is 165 Å². The molecule has 2 amide bonds. The highest BCUT2D eigenvalue weighted by Gasteiger charge is 2.43. The summed E-state index contributed by atoms with van der Waals surface area (Å²) in [6.45, 7) is -0.545. The Labute approximate surface area is 131 Å². The Morgan fingerprint density at radius 3 is 2.41 bits per heavy atom. The van der Waals surface area contributed by atoms with E-state index in [9.17, 15) is 28.5 Å². The summed E-state index contributed by atoms with van der Waals surface area (Å²) in [6, 6.07) is -0.751. The van der Waals surface area contributed by atoms with Gasteiger partial charge in [0.15, 0.2) is 15.1 Å². The fourth-order valence-electron chi connectivity index (χ4n) is 1.76. The Hall–Kier alpha value is -0.630. The second-order valence-electron chi connectivity index (χ2n) is 4.68. The molecule has 5 unspecified atom stereocenters. The molecule has 6 N–H and O–H groups in total. The van der Waals surface area contributed by atoms with Gasteiger partial charge >= 0.3 is 6.03 Å². The van der Waals surface area contributed by atoms with Gasteiger partial charge in [-0.3, -0.25) is 0 Å². The zero-order chi connectivity index (χ0) is 16.9. The van der Waals surface area contributed by atoms with Crippen LogP contribution in [-0.4, -0.2) is 90.7 Å². The van der Waals surface area contributed by atoms with E-state index in [2.05, 4.69) is 10.6 Å². The molecule has 0 saturated carbocycles. The van der Waals surface area contributed by atoms with Crippen LogP contribution < -0.4 is 10.6 Å². The summed E-state index contributed by atoms with van der Waals surface area (Å²) < 4.78 is 26.8. The van der Waals surface area contributed by atoms with Crippen molar-refractivity contribution in [1.82, 2.24) is 10.6 Å². The molecule has 0 bridgehead atoms. The van der Waals surface area contributed by atoms with Crippen molar-refractivity contribution in [3.63, 3.8) is 0 Å². The van der Waals surface area contributed by atoms with E-state index in [0.29, 0.717) is 10.8 Å². The third-order valence-electron chi connectivity index (χ3n) is 2.85. The first-order valence-corrected chi connectivity index (χ1v) is 9.74. The van der Waals surface area contributed by atoms with Crippen molar-refractivity contribution >= 4 is 25.7 Å². The quantitative estimate of drug-likeness (QED) is 0.211. The molecule has 1 rings (SSSR count). The first-order chi connectivity index (χ1) is 10.2. The van der Waals surface area contributed by atoms with E-state index in [1.807, 2.05) is 0 Å². The van der Waals surface area contributed by atoms with E-state index in [4.69, 9.17) is 9.84 Å². The molecule has 0 aromatic rings. The highest BCUT2D eigenvalue weighted by molar-refractivity contribution is 8.71.